The number of carbonyl (C=O) groups is 1. The van der Waals surface area contributed by atoms with Gasteiger partial charge in [0.15, 0.2) is 0 Å². The van der Waals surface area contributed by atoms with Gasteiger partial charge in [-0.3, -0.25) is 0 Å². The van der Waals surface area contributed by atoms with Gasteiger partial charge in [0.2, 0.25) is 0 Å². The summed E-state index contributed by atoms with van der Waals surface area (Å²) in [6, 6.07) is 5.97. The summed E-state index contributed by atoms with van der Waals surface area (Å²) in [5.74, 6) is 0. The predicted molar refractivity (Wildman–Crippen MR) is 94.1 cm³/mol. The van der Waals surface area contributed by atoms with Gasteiger partial charge in [0.25, 0.3) is 0 Å². The van der Waals surface area contributed by atoms with E-state index in [-0.39, 0.29) is 12.6 Å². The maximum absolute atomic E-state index is 12.3. The van der Waals surface area contributed by atoms with E-state index < -0.39 is 0 Å². The van der Waals surface area contributed by atoms with Crippen molar-refractivity contribution in [1.29, 1.82) is 0 Å². The number of amides is 2. The number of nitrogens with one attached hydrogen (secondary N) is 1. The molecule has 0 saturated carbocycles. The van der Waals surface area contributed by atoms with Crippen LogP contribution < -0.4 is 5.32 Å². The summed E-state index contributed by atoms with van der Waals surface area (Å²) in [7, 11) is 2.09. The number of hydrogen-bond acceptors (Lipinski definition) is 3. The number of likely N-dealkylation sites (tertiary alicyclic amines) is 1. The molecule has 5 nitrogen and oxygen atoms in total. The molecule has 0 spiro atoms. The Bertz CT molecular complexity index is 531. The van der Waals surface area contributed by atoms with Crippen LogP contribution in [0.3, 0.4) is 0 Å². The van der Waals surface area contributed by atoms with Crippen molar-refractivity contribution >= 4 is 23.3 Å². The van der Waals surface area contributed by atoms with Crippen molar-refractivity contribution in [3.05, 3.63) is 28.8 Å². The maximum Gasteiger partial charge on any atom is 0.321 e. The number of piperidine rings is 1. The van der Waals surface area contributed by atoms with Crippen LogP contribution in [0.4, 0.5) is 10.5 Å². The van der Waals surface area contributed by atoms with Gasteiger partial charge < -0.3 is 20.2 Å². The summed E-state index contributed by atoms with van der Waals surface area (Å²) in [4.78, 5) is 16.5. The summed E-state index contributed by atoms with van der Waals surface area (Å²) in [5.41, 5.74) is 1.73. The average molecular weight is 340 g/mol. The third-order valence-corrected chi connectivity index (χ3v) is 4.87. The molecule has 1 heterocycles. The van der Waals surface area contributed by atoms with Crippen molar-refractivity contribution < 1.29 is 9.90 Å². The van der Waals surface area contributed by atoms with Crippen LogP contribution in [0.2, 0.25) is 5.02 Å². The molecule has 2 N–H and O–H groups in total. The predicted octanol–water partition coefficient (Wildman–Crippen LogP) is 2.96. The van der Waals surface area contributed by atoms with E-state index in [1.165, 1.54) is 0 Å². The van der Waals surface area contributed by atoms with Crippen LogP contribution in [0.1, 0.15) is 24.8 Å². The number of aliphatic hydroxyl groups excluding tert-OH is 1. The molecule has 2 amide bonds. The molecule has 1 fully saturated rings. The van der Waals surface area contributed by atoms with Gasteiger partial charge in [-0.05, 0) is 50.9 Å². The fraction of sp³-hybridized carbons (Fsp3) is 0.588. The Morgan fingerprint density at radius 1 is 1.43 bits per heavy atom. The molecule has 1 aliphatic heterocycles. The number of hydrogen-bond donors (Lipinski definition) is 2. The van der Waals surface area contributed by atoms with Crippen LogP contribution >= 0.6 is 11.6 Å². The van der Waals surface area contributed by atoms with E-state index in [2.05, 4.69) is 17.3 Å². The van der Waals surface area contributed by atoms with Gasteiger partial charge in [-0.15, -0.1) is 0 Å². The minimum atomic E-state index is -0.0682. The number of nitrogens with zero attached hydrogens (tertiary/aromatic N) is 2. The first-order chi connectivity index (χ1) is 11.0. The lowest BCUT2D eigenvalue weighted by atomic mass is 10.0. The SMILES string of the molecule is Cc1ccc(NC(=O)N2CCC(N(C)CCCO)CC2)cc1Cl. The molecule has 1 saturated heterocycles. The molecule has 6 heteroatoms. The van der Waals surface area contributed by atoms with E-state index >= 15 is 0 Å². The van der Waals surface area contributed by atoms with Crippen LogP contribution in [-0.4, -0.2) is 60.3 Å². The molecule has 0 aromatic heterocycles. The van der Waals surface area contributed by atoms with Crippen LogP contribution in [0.5, 0.6) is 0 Å². The van der Waals surface area contributed by atoms with Crippen molar-refractivity contribution in [3.63, 3.8) is 0 Å². The number of halogens is 1. The summed E-state index contributed by atoms with van der Waals surface area (Å²) in [6.07, 6.45) is 2.72. The largest absolute Gasteiger partial charge is 0.396 e. The molecule has 0 atom stereocenters. The second-order valence-corrected chi connectivity index (χ2v) is 6.58. The van der Waals surface area contributed by atoms with Gasteiger partial charge in [0.05, 0.1) is 0 Å². The first-order valence-electron chi connectivity index (χ1n) is 8.14. The first kappa shape index (κ1) is 18.0. The Labute approximate surface area is 143 Å². The summed E-state index contributed by atoms with van der Waals surface area (Å²) < 4.78 is 0. The lowest BCUT2D eigenvalue weighted by Crippen LogP contribution is -2.47. The lowest BCUT2D eigenvalue weighted by Gasteiger charge is -2.36. The topological polar surface area (TPSA) is 55.8 Å². The number of aryl methyl sites for hydroxylation is 1. The molecular weight excluding hydrogens is 314 g/mol. The normalized spacial score (nSPS) is 16.0. The van der Waals surface area contributed by atoms with E-state index in [0.29, 0.717) is 11.1 Å². The summed E-state index contributed by atoms with van der Waals surface area (Å²) >= 11 is 6.09. The van der Waals surface area contributed by atoms with E-state index in [1.54, 1.807) is 6.07 Å². The highest BCUT2D eigenvalue weighted by Gasteiger charge is 2.25. The van der Waals surface area contributed by atoms with Crippen LogP contribution in [0, 0.1) is 6.92 Å². The minimum Gasteiger partial charge on any atom is -0.396 e. The Kier molecular flexibility index (Phi) is 6.69. The summed E-state index contributed by atoms with van der Waals surface area (Å²) in [5, 5.41) is 12.5. The average Bonchev–Trinajstić information content (AvgIpc) is 2.56. The fourth-order valence-corrected chi connectivity index (χ4v) is 3.07. The molecule has 0 unspecified atom stereocenters. The van der Waals surface area contributed by atoms with Gasteiger partial charge in [-0.25, -0.2) is 4.79 Å². The summed E-state index contributed by atoms with van der Waals surface area (Å²) in [6.45, 7) is 4.56. The van der Waals surface area contributed by atoms with Crippen molar-refractivity contribution in [3.8, 4) is 0 Å². The highest BCUT2D eigenvalue weighted by atomic mass is 35.5. The van der Waals surface area contributed by atoms with Gasteiger partial charge in [-0.1, -0.05) is 17.7 Å². The Morgan fingerprint density at radius 2 is 2.13 bits per heavy atom. The number of carbonyl (C=O) groups excluding carboxylic acids is 1. The van der Waals surface area contributed by atoms with Gasteiger partial charge in [0.1, 0.15) is 0 Å². The van der Waals surface area contributed by atoms with Crippen molar-refractivity contribution in [2.24, 2.45) is 0 Å². The third-order valence-electron chi connectivity index (χ3n) is 4.47. The Hall–Kier alpha value is -1.30. The lowest BCUT2D eigenvalue weighted by molar-refractivity contribution is 0.134. The molecule has 128 valence electrons. The highest BCUT2D eigenvalue weighted by molar-refractivity contribution is 6.31. The second-order valence-electron chi connectivity index (χ2n) is 6.17. The smallest absolute Gasteiger partial charge is 0.321 e. The first-order valence-corrected chi connectivity index (χ1v) is 8.52. The van der Waals surface area contributed by atoms with Gasteiger partial charge >= 0.3 is 6.03 Å². The van der Waals surface area contributed by atoms with E-state index in [1.807, 2.05) is 24.0 Å². The van der Waals surface area contributed by atoms with Crippen molar-refractivity contribution in [2.75, 3.05) is 38.6 Å². The number of rotatable bonds is 5. The molecular formula is C17H26ClN3O2. The van der Waals surface area contributed by atoms with Gasteiger partial charge in [0, 0.05) is 43.0 Å². The Balaban J connectivity index is 1.82. The quantitative estimate of drug-likeness (QED) is 0.867. The van der Waals surface area contributed by atoms with E-state index in [4.69, 9.17) is 16.7 Å². The molecule has 1 aromatic rings. The van der Waals surface area contributed by atoms with Crippen LogP contribution in [0.25, 0.3) is 0 Å². The van der Waals surface area contributed by atoms with Crippen LogP contribution in [0.15, 0.2) is 18.2 Å². The zero-order chi connectivity index (χ0) is 16.8. The zero-order valence-corrected chi connectivity index (χ0v) is 14.6. The van der Waals surface area contributed by atoms with Crippen molar-refractivity contribution in [2.45, 2.75) is 32.2 Å². The third kappa shape index (κ3) is 5.09. The Morgan fingerprint density at radius 3 is 2.74 bits per heavy atom. The molecule has 23 heavy (non-hydrogen) atoms. The molecule has 1 aromatic carbocycles. The van der Waals surface area contributed by atoms with Gasteiger partial charge in [-0.2, -0.15) is 0 Å². The minimum absolute atomic E-state index is 0.0682. The highest BCUT2D eigenvalue weighted by Crippen LogP contribution is 2.21. The standard InChI is InChI=1S/C17H26ClN3O2/c1-13-4-5-14(12-16(13)18)19-17(23)21-9-6-15(7-10-21)20(2)8-3-11-22/h4-5,12,15,22H,3,6-11H2,1-2H3,(H,19,23). The second kappa shape index (κ2) is 8.52. The number of urea groups is 1. The zero-order valence-electron chi connectivity index (χ0n) is 13.9. The number of benzene rings is 1. The fourth-order valence-electron chi connectivity index (χ4n) is 2.89. The molecule has 1 aliphatic rings. The van der Waals surface area contributed by atoms with Crippen molar-refractivity contribution in [1.82, 2.24) is 9.80 Å². The van der Waals surface area contributed by atoms with E-state index in [9.17, 15) is 4.79 Å². The maximum atomic E-state index is 12.3. The number of anilines is 1. The molecule has 0 bridgehead atoms. The molecule has 0 radical (unpaired) electrons. The van der Waals surface area contributed by atoms with Crippen LogP contribution in [-0.2, 0) is 0 Å². The number of aliphatic hydroxyl groups is 1. The molecule has 0 aliphatic carbocycles. The van der Waals surface area contributed by atoms with E-state index in [0.717, 1.165) is 50.1 Å². The molecule has 2 rings (SSSR count). The monoisotopic (exact) mass is 339 g/mol.